The highest BCUT2D eigenvalue weighted by Gasteiger charge is 2.16. The molecule has 2 aromatic carbocycles. The third-order valence-electron chi connectivity index (χ3n) is 4.46. The van der Waals surface area contributed by atoms with Gasteiger partial charge in [-0.25, -0.2) is 9.97 Å². The number of nitrogens with one attached hydrogen (secondary N) is 1. The Kier molecular flexibility index (Phi) is 6.21. The lowest BCUT2D eigenvalue weighted by Gasteiger charge is -2.12. The Hall–Kier alpha value is -3.03. The maximum Gasteiger partial charge on any atom is 0.251 e. The van der Waals surface area contributed by atoms with Gasteiger partial charge in [-0.1, -0.05) is 36.4 Å². The number of nitrogens with zero attached hydrogens (tertiary/aromatic N) is 2. The van der Waals surface area contributed by atoms with Crippen molar-refractivity contribution in [1.82, 2.24) is 15.3 Å². The summed E-state index contributed by atoms with van der Waals surface area (Å²) < 4.78 is 5.79. The molecule has 0 radical (unpaired) electrons. The monoisotopic (exact) mass is 435 g/mol. The second kappa shape index (κ2) is 9.19. The van der Waals surface area contributed by atoms with Crippen molar-refractivity contribution in [2.24, 2.45) is 0 Å². The SMILES string of the molecule is Cc1nc(COc2cccc(C(=O)NC(C)c3nc(-c4ccccc4)cs3)c2)cs1. The molecular weight excluding hydrogens is 414 g/mol. The zero-order valence-electron chi connectivity index (χ0n) is 16.7. The Morgan fingerprint density at radius 2 is 1.90 bits per heavy atom. The van der Waals surface area contributed by atoms with Gasteiger partial charge in [0.25, 0.3) is 5.91 Å². The van der Waals surface area contributed by atoms with Crippen molar-refractivity contribution in [2.75, 3.05) is 0 Å². The molecule has 1 amide bonds. The number of hydrogen-bond donors (Lipinski definition) is 1. The van der Waals surface area contributed by atoms with Gasteiger partial charge < -0.3 is 10.1 Å². The average molecular weight is 436 g/mol. The van der Waals surface area contributed by atoms with Crippen LogP contribution < -0.4 is 10.1 Å². The highest BCUT2D eigenvalue weighted by atomic mass is 32.1. The number of aryl methyl sites for hydroxylation is 1. The van der Waals surface area contributed by atoms with Crippen molar-refractivity contribution in [3.63, 3.8) is 0 Å². The maximum absolute atomic E-state index is 12.7. The van der Waals surface area contributed by atoms with E-state index in [0.717, 1.165) is 27.0 Å². The zero-order chi connectivity index (χ0) is 20.9. The van der Waals surface area contributed by atoms with Crippen molar-refractivity contribution in [2.45, 2.75) is 26.5 Å². The van der Waals surface area contributed by atoms with Gasteiger partial charge in [-0.15, -0.1) is 22.7 Å². The predicted octanol–water partition coefficient (Wildman–Crippen LogP) is 5.65. The van der Waals surface area contributed by atoms with Gasteiger partial charge in [0.05, 0.1) is 22.4 Å². The van der Waals surface area contributed by atoms with E-state index in [9.17, 15) is 4.79 Å². The summed E-state index contributed by atoms with van der Waals surface area (Å²) in [6, 6.07) is 17.0. The molecule has 0 fully saturated rings. The second-order valence-electron chi connectivity index (χ2n) is 6.81. The molecule has 5 nitrogen and oxygen atoms in total. The van der Waals surface area contributed by atoms with Crippen LogP contribution in [0.5, 0.6) is 5.75 Å². The molecule has 0 spiro atoms. The molecule has 7 heteroatoms. The summed E-state index contributed by atoms with van der Waals surface area (Å²) in [6.45, 7) is 4.29. The number of carbonyl (C=O) groups excluding carboxylic acids is 1. The van der Waals surface area contributed by atoms with Gasteiger partial charge in [0, 0.05) is 21.9 Å². The highest BCUT2D eigenvalue weighted by molar-refractivity contribution is 7.10. The molecule has 152 valence electrons. The summed E-state index contributed by atoms with van der Waals surface area (Å²) in [5, 5.41) is 8.89. The predicted molar refractivity (Wildman–Crippen MR) is 121 cm³/mol. The van der Waals surface area contributed by atoms with E-state index in [4.69, 9.17) is 4.74 Å². The highest BCUT2D eigenvalue weighted by Crippen LogP contribution is 2.25. The van der Waals surface area contributed by atoms with Crippen LogP contribution in [0.15, 0.2) is 65.4 Å². The van der Waals surface area contributed by atoms with Gasteiger partial charge in [0.1, 0.15) is 17.4 Å². The fourth-order valence-electron chi connectivity index (χ4n) is 2.93. The van der Waals surface area contributed by atoms with Crippen LogP contribution in [0.25, 0.3) is 11.3 Å². The van der Waals surface area contributed by atoms with Crippen LogP contribution in [-0.4, -0.2) is 15.9 Å². The van der Waals surface area contributed by atoms with Crippen LogP contribution in [0.4, 0.5) is 0 Å². The Labute approximate surface area is 183 Å². The van der Waals surface area contributed by atoms with E-state index in [1.165, 1.54) is 0 Å². The molecule has 1 atom stereocenters. The third kappa shape index (κ3) is 4.93. The second-order valence-corrected chi connectivity index (χ2v) is 8.76. The van der Waals surface area contributed by atoms with Crippen LogP contribution in [0.3, 0.4) is 0 Å². The average Bonchev–Trinajstić information content (AvgIpc) is 3.42. The molecule has 1 N–H and O–H groups in total. The lowest BCUT2D eigenvalue weighted by atomic mass is 10.2. The quantitative estimate of drug-likeness (QED) is 0.408. The smallest absolute Gasteiger partial charge is 0.251 e. The molecule has 4 aromatic rings. The number of benzene rings is 2. The van der Waals surface area contributed by atoms with E-state index in [1.54, 1.807) is 34.8 Å². The van der Waals surface area contributed by atoms with E-state index in [1.807, 2.05) is 67.1 Å². The summed E-state index contributed by atoms with van der Waals surface area (Å²) in [7, 11) is 0. The lowest BCUT2D eigenvalue weighted by Crippen LogP contribution is -2.26. The number of thiazole rings is 2. The first-order chi connectivity index (χ1) is 14.6. The first-order valence-electron chi connectivity index (χ1n) is 9.54. The Morgan fingerprint density at radius 1 is 1.07 bits per heavy atom. The Morgan fingerprint density at radius 3 is 2.67 bits per heavy atom. The van der Waals surface area contributed by atoms with Gasteiger partial charge in [-0.05, 0) is 32.0 Å². The van der Waals surface area contributed by atoms with Crippen molar-refractivity contribution in [3.05, 3.63) is 86.6 Å². The number of hydrogen-bond acceptors (Lipinski definition) is 6. The van der Waals surface area contributed by atoms with Gasteiger partial charge in [0.2, 0.25) is 0 Å². The molecule has 1 unspecified atom stereocenters. The minimum atomic E-state index is -0.192. The van der Waals surface area contributed by atoms with E-state index in [2.05, 4.69) is 15.3 Å². The summed E-state index contributed by atoms with van der Waals surface area (Å²) in [5.41, 5.74) is 3.43. The van der Waals surface area contributed by atoms with Crippen LogP contribution in [0.2, 0.25) is 0 Å². The van der Waals surface area contributed by atoms with Crippen molar-refractivity contribution >= 4 is 28.6 Å². The molecular formula is C23H21N3O2S2. The number of carbonyl (C=O) groups is 1. The van der Waals surface area contributed by atoms with Gasteiger partial charge in [0.15, 0.2) is 0 Å². The molecule has 30 heavy (non-hydrogen) atoms. The van der Waals surface area contributed by atoms with Gasteiger partial charge in [-0.2, -0.15) is 0 Å². The van der Waals surface area contributed by atoms with E-state index in [0.29, 0.717) is 17.9 Å². The molecule has 0 saturated carbocycles. The third-order valence-corrected chi connectivity index (χ3v) is 6.31. The minimum absolute atomic E-state index is 0.158. The number of amides is 1. The first kappa shape index (κ1) is 20.3. The fourth-order valence-corrected chi connectivity index (χ4v) is 4.36. The molecule has 0 bridgehead atoms. The summed E-state index contributed by atoms with van der Waals surface area (Å²) in [4.78, 5) is 21.8. The van der Waals surface area contributed by atoms with Crippen LogP contribution in [-0.2, 0) is 6.61 Å². The lowest BCUT2D eigenvalue weighted by molar-refractivity contribution is 0.0939. The molecule has 4 rings (SSSR count). The molecule has 0 aliphatic carbocycles. The summed E-state index contributed by atoms with van der Waals surface area (Å²) in [6.07, 6.45) is 0. The molecule has 0 saturated heterocycles. The largest absolute Gasteiger partial charge is 0.487 e. The van der Waals surface area contributed by atoms with E-state index < -0.39 is 0 Å². The van der Waals surface area contributed by atoms with Crippen molar-refractivity contribution in [1.29, 1.82) is 0 Å². The van der Waals surface area contributed by atoms with Crippen LogP contribution in [0.1, 0.15) is 39.0 Å². The Balaban J connectivity index is 1.39. The number of rotatable bonds is 7. The molecule has 0 aliphatic heterocycles. The number of ether oxygens (including phenoxy) is 1. The molecule has 0 aliphatic rings. The maximum atomic E-state index is 12.7. The van der Waals surface area contributed by atoms with Crippen LogP contribution >= 0.6 is 22.7 Å². The van der Waals surface area contributed by atoms with Gasteiger partial charge >= 0.3 is 0 Å². The fraction of sp³-hybridized carbons (Fsp3) is 0.174. The zero-order valence-corrected chi connectivity index (χ0v) is 18.3. The Bertz CT molecular complexity index is 1140. The van der Waals surface area contributed by atoms with Crippen LogP contribution in [0, 0.1) is 6.92 Å². The number of aromatic nitrogens is 2. The van der Waals surface area contributed by atoms with E-state index >= 15 is 0 Å². The normalized spacial score (nSPS) is 11.8. The van der Waals surface area contributed by atoms with Crippen molar-refractivity contribution < 1.29 is 9.53 Å². The molecule has 2 aromatic heterocycles. The van der Waals surface area contributed by atoms with Crippen molar-refractivity contribution in [3.8, 4) is 17.0 Å². The standard InChI is InChI=1S/C23H21N3O2S2/c1-15(23-26-21(14-30-23)17-7-4-3-5-8-17)24-22(27)18-9-6-10-20(11-18)28-12-19-13-29-16(2)25-19/h3-11,13-15H,12H2,1-2H3,(H,24,27). The summed E-state index contributed by atoms with van der Waals surface area (Å²) in [5.74, 6) is 0.482. The first-order valence-corrected chi connectivity index (χ1v) is 11.3. The van der Waals surface area contributed by atoms with Gasteiger partial charge in [-0.3, -0.25) is 4.79 Å². The minimum Gasteiger partial charge on any atom is -0.487 e. The molecule has 2 heterocycles. The topological polar surface area (TPSA) is 64.1 Å². The van der Waals surface area contributed by atoms with E-state index in [-0.39, 0.29) is 11.9 Å². The summed E-state index contributed by atoms with van der Waals surface area (Å²) >= 11 is 3.14.